The van der Waals surface area contributed by atoms with Gasteiger partial charge in [-0.25, -0.2) is 0 Å². The molecule has 0 aromatic heterocycles. The second-order valence-corrected chi connectivity index (χ2v) is 8.43. The molecular formula is C23H28N3O3+. The fourth-order valence-corrected chi connectivity index (χ4v) is 4.84. The van der Waals surface area contributed by atoms with Crippen molar-refractivity contribution < 1.29 is 19.6 Å². The number of amides is 2. The zero-order chi connectivity index (χ0) is 20.6. The highest BCUT2D eigenvalue weighted by atomic mass is 16.5. The Hall–Kier alpha value is -2.86. The number of fused-ring (bicyclic) bond motifs is 2. The van der Waals surface area contributed by atoms with E-state index in [0.29, 0.717) is 18.0 Å². The highest BCUT2D eigenvalue weighted by Gasteiger charge is 2.64. The number of benzene rings is 2. The first-order chi connectivity index (χ1) is 13.9. The minimum atomic E-state index is -0.910. The summed E-state index contributed by atoms with van der Waals surface area (Å²) in [7, 11) is 1.61. The lowest BCUT2D eigenvalue weighted by Crippen LogP contribution is -2.98. The van der Waals surface area contributed by atoms with E-state index in [9.17, 15) is 9.59 Å². The molecule has 4 rings (SSSR count). The Labute approximate surface area is 171 Å². The molecule has 2 amide bonds. The van der Waals surface area contributed by atoms with Gasteiger partial charge in [0.25, 0.3) is 5.91 Å². The summed E-state index contributed by atoms with van der Waals surface area (Å²) in [6, 6.07) is 15.2. The van der Waals surface area contributed by atoms with Gasteiger partial charge >= 0.3 is 0 Å². The van der Waals surface area contributed by atoms with E-state index >= 15 is 0 Å². The maximum absolute atomic E-state index is 13.4. The van der Waals surface area contributed by atoms with Gasteiger partial charge in [-0.2, -0.15) is 0 Å². The SMILES string of the molecule is COc1ccc(NC(=O)[C@H]2C[C@H](CC(C)C)[NH2+][C@]23C(=O)Nc2ccccc23)cc1. The molecule has 1 fully saturated rings. The minimum Gasteiger partial charge on any atom is -0.497 e. The predicted molar refractivity (Wildman–Crippen MR) is 112 cm³/mol. The van der Waals surface area contributed by atoms with Gasteiger partial charge in [0.2, 0.25) is 11.4 Å². The van der Waals surface area contributed by atoms with Crippen molar-refractivity contribution >= 4 is 23.2 Å². The molecule has 29 heavy (non-hydrogen) atoms. The molecule has 1 saturated heterocycles. The van der Waals surface area contributed by atoms with Crippen molar-refractivity contribution in [3.63, 3.8) is 0 Å². The van der Waals surface area contributed by atoms with E-state index < -0.39 is 11.5 Å². The predicted octanol–water partition coefficient (Wildman–Crippen LogP) is 2.48. The number of para-hydroxylation sites is 1. The van der Waals surface area contributed by atoms with Gasteiger partial charge in [0.05, 0.1) is 18.8 Å². The van der Waals surface area contributed by atoms with Crippen molar-refractivity contribution in [2.75, 3.05) is 17.7 Å². The van der Waals surface area contributed by atoms with Gasteiger partial charge in [0.1, 0.15) is 11.7 Å². The first-order valence-electron chi connectivity index (χ1n) is 10.2. The Morgan fingerprint density at radius 3 is 2.66 bits per heavy atom. The van der Waals surface area contributed by atoms with Crippen LogP contribution in [0.5, 0.6) is 5.75 Å². The Morgan fingerprint density at radius 1 is 1.24 bits per heavy atom. The molecule has 0 bridgehead atoms. The van der Waals surface area contributed by atoms with Gasteiger partial charge in [-0.1, -0.05) is 32.0 Å². The van der Waals surface area contributed by atoms with Crippen LogP contribution in [0.15, 0.2) is 48.5 Å². The van der Waals surface area contributed by atoms with Crippen LogP contribution in [0.25, 0.3) is 0 Å². The fourth-order valence-electron chi connectivity index (χ4n) is 4.84. The first-order valence-corrected chi connectivity index (χ1v) is 10.2. The topological polar surface area (TPSA) is 84.0 Å². The number of hydrogen-bond acceptors (Lipinski definition) is 3. The van der Waals surface area contributed by atoms with Crippen molar-refractivity contribution in [3.8, 4) is 5.75 Å². The number of quaternary nitrogens is 1. The van der Waals surface area contributed by atoms with E-state index in [-0.39, 0.29) is 17.9 Å². The smallest absolute Gasteiger partial charge is 0.291 e. The average molecular weight is 394 g/mol. The number of nitrogens with one attached hydrogen (secondary N) is 2. The third kappa shape index (κ3) is 3.38. The van der Waals surface area contributed by atoms with Gasteiger partial charge < -0.3 is 20.7 Å². The van der Waals surface area contributed by atoms with Crippen molar-refractivity contribution in [2.45, 2.75) is 38.3 Å². The molecule has 152 valence electrons. The summed E-state index contributed by atoms with van der Waals surface area (Å²) < 4.78 is 5.18. The number of anilines is 2. The van der Waals surface area contributed by atoms with Crippen LogP contribution < -0.4 is 20.7 Å². The van der Waals surface area contributed by atoms with E-state index in [1.54, 1.807) is 7.11 Å². The molecule has 0 aliphatic carbocycles. The molecule has 3 atom stereocenters. The number of carbonyl (C=O) groups excluding carboxylic acids is 2. The van der Waals surface area contributed by atoms with Gasteiger partial charge in [-0.15, -0.1) is 0 Å². The van der Waals surface area contributed by atoms with Crippen LogP contribution in [0.1, 0.15) is 32.3 Å². The number of rotatable bonds is 5. The molecule has 2 aromatic carbocycles. The maximum Gasteiger partial charge on any atom is 0.291 e. The van der Waals surface area contributed by atoms with E-state index in [4.69, 9.17) is 4.74 Å². The number of methoxy groups -OCH3 is 1. The van der Waals surface area contributed by atoms with Crippen LogP contribution in [0.2, 0.25) is 0 Å². The number of nitrogens with two attached hydrogens (primary N) is 1. The molecule has 0 radical (unpaired) electrons. The number of carbonyl (C=O) groups is 2. The van der Waals surface area contributed by atoms with Crippen LogP contribution in [-0.2, 0) is 15.1 Å². The molecule has 1 spiro atoms. The Balaban J connectivity index is 1.67. The monoisotopic (exact) mass is 394 g/mol. The van der Waals surface area contributed by atoms with Crippen molar-refractivity contribution in [1.29, 1.82) is 0 Å². The van der Waals surface area contributed by atoms with Crippen LogP contribution in [0, 0.1) is 11.8 Å². The molecule has 0 saturated carbocycles. The second-order valence-electron chi connectivity index (χ2n) is 8.43. The van der Waals surface area contributed by atoms with Crippen molar-refractivity contribution in [1.82, 2.24) is 0 Å². The summed E-state index contributed by atoms with van der Waals surface area (Å²) in [5, 5.41) is 8.15. The Morgan fingerprint density at radius 2 is 1.97 bits per heavy atom. The molecule has 4 N–H and O–H groups in total. The highest BCUT2D eigenvalue weighted by molar-refractivity contribution is 6.09. The lowest BCUT2D eigenvalue weighted by atomic mass is 9.79. The minimum absolute atomic E-state index is 0.0974. The second kappa shape index (κ2) is 7.52. The van der Waals surface area contributed by atoms with Crippen LogP contribution in [0.4, 0.5) is 11.4 Å². The highest BCUT2D eigenvalue weighted by Crippen LogP contribution is 2.43. The summed E-state index contributed by atoms with van der Waals surface area (Å²) in [6.07, 6.45) is 1.63. The third-order valence-corrected chi connectivity index (χ3v) is 6.03. The Kier molecular flexibility index (Phi) is 5.04. The average Bonchev–Trinajstić information content (AvgIpc) is 3.21. The lowest BCUT2D eigenvalue weighted by Gasteiger charge is -2.25. The Bertz CT molecular complexity index is 925. The normalized spacial score (nSPS) is 25.2. The summed E-state index contributed by atoms with van der Waals surface area (Å²) in [5.41, 5.74) is 1.50. The van der Waals surface area contributed by atoms with Gasteiger partial charge in [0.15, 0.2) is 0 Å². The molecule has 2 aromatic rings. The van der Waals surface area contributed by atoms with E-state index in [1.807, 2.05) is 48.5 Å². The number of ether oxygens (including phenoxy) is 1. The van der Waals surface area contributed by atoms with Crippen molar-refractivity contribution in [2.24, 2.45) is 11.8 Å². The third-order valence-electron chi connectivity index (χ3n) is 6.03. The summed E-state index contributed by atoms with van der Waals surface area (Å²) in [6.45, 7) is 4.35. The molecule has 6 nitrogen and oxygen atoms in total. The molecule has 2 aliphatic heterocycles. The largest absolute Gasteiger partial charge is 0.497 e. The summed E-state index contributed by atoms with van der Waals surface area (Å²) >= 11 is 0. The fraction of sp³-hybridized carbons (Fsp3) is 0.391. The summed E-state index contributed by atoms with van der Waals surface area (Å²) in [5.74, 6) is 0.563. The molecule has 2 heterocycles. The number of hydrogen-bond donors (Lipinski definition) is 3. The first kappa shape index (κ1) is 19.5. The van der Waals surface area contributed by atoms with E-state index in [0.717, 1.165) is 23.4 Å². The molecule has 6 heteroatoms. The van der Waals surface area contributed by atoms with Gasteiger partial charge in [0, 0.05) is 24.1 Å². The van der Waals surface area contributed by atoms with Crippen LogP contribution in [0.3, 0.4) is 0 Å². The maximum atomic E-state index is 13.4. The zero-order valence-electron chi connectivity index (χ0n) is 17.1. The van der Waals surface area contributed by atoms with Crippen LogP contribution in [-0.4, -0.2) is 25.0 Å². The standard InChI is InChI=1S/C23H27N3O3/c1-14(2)12-16-13-19(21(27)24-15-8-10-17(29-3)11-9-15)23(26-16)18-6-4-5-7-20(18)25-22(23)28/h4-11,14,16,19,26H,12-13H2,1-3H3,(H,24,27)(H,25,28)/p+1/t16-,19+,23-/m0/s1. The van der Waals surface area contributed by atoms with Crippen LogP contribution >= 0.6 is 0 Å². The lowest BCUT2D eigenvalue weighted by molar-refractivity contribution is -0.733. The van der Waals surface area contributed by atoms with Gasteiger partial charge in [-0.05, 0) is 36.2 Å². The van der Waals surface area contributed by atoms with Crippen molar-refractivity contribution in [3.05, 3.63) is 54.1 Å². The summed E-state index contributed by atoms with van der Waals surface area (Å²) in [4.78, 5) is 26.6. The van der Waals surface area contributed by atoms with Gasteiger partial charge in [-0.3, -0.25) is 9.59 Å². The molecular weight excluding hydrogens is 366 g/mol. The van der Waals surface area contributed by atoms with E-state index in [1.165, 1.54) is 0 Å². The van der Waals surface area contributed by atoms with E-state index in [2.05, 4.69) is 29.8 Å². The zero-order valence-corrected chi connectivity index (χ0v) is 17.1. The molecule has 2 aliphatic rings. The molecule has 0 unspecified atom stereocenters. The quantitative estimate of drug-likeness (QED) is 0.728.